The van der Waals surface area contributed by atoms with E-state index in [1.54, 1.807) is 0 Å². The monoisotopic (exact) mass is 300 g/mol. The molecule has 0 saturated heterocycles. The lowest BCUT2D eigenvalue weighted by molar-refractivity contribution is -0.00703. The molecule has 0 saturated carbocycles. The molecule has 0 aliphatic carbocycles. The maximum atomic E-state index is 12.9. The van der Waals surface area contributed by atoms with Gasteiger partial charge in [-0.05, 0) is 26.0 Å². The van der Waals surface area contributed by atoms with Crippen LogP contribution in [0.4, 0.5) is 0 Å². The topological polar surface area (TPSA) is 63.2 Å². The van der Waals surface area contributed by atoms with Crippen LogP contribution in [0.25, 0.3) is 0 Å². The number of aromatic nitrogens is 3. The van der Waals surface area contributed by atoms with Crippen LogP contribution >= 0.6 is 0 Å². The minimum Gasteiger partial charge on any atom is -0.369 e. The molecule has 1 amide bonds. The number of fused-ring (bicyclic) bond motifs is 2. The molecular formula is C16H20N4O2. The minimum absolute atomic E-state index is 0.0197. The van der Waals surface area contributed by atoms with Gasteiger partial charge in [-0.25, -0.2) is 0 Å². The fourth-order valence-electron chi connectivity index (χ4n) is 3.49. The number of ether oxygens (including phenoxy) is 1. The molecule has 6 nitrogen and oxygen atoms in total. The zero-order valence-corrected chi connectivity index (χ0v) is 12.9. The van der Waals surface area contributed by atoms with E-state index in [1.807, 2.05) is 24.8 Å². The van der Waals surface area contributed by atoms with Crippen LogP contribution in [-0.4, -0.2) is 38.2 Å². The van der Waals surface area contributed by atoms with E-state index in [2.05, 4.69) is 27.0 Å². The Hall–Kier alpha value is -2.08. The maximum absolute atomic E-state index is 12.9. The van der Waals surface area contributed by atoms with Crippen molar-refractivity contribution >= 4 is 5.91 Å². The molecule has 2 aliphatic heterocycles. The number of nitrogens with zero attached hydrogens (tertiary/aromatic N) is 3. The predicted octanol–water partition coefficient (Wildman–Crippen LogP) is 1.89. The summed E-state index contributed by atoms with van der Waals surface area (Å²) in [4.78, 5) is 14.8. The summed E-state index contributed by atoms with van der Waals surface area (Å²) < 4.78 is 7.98. The highest BCUT2D eigenvalue weighted by atomic mass is 16.5. The van der Waals surface area contributed by atoms with Crippen molar-refractivity contribution in [3.8, 4) is 0 Å². The molecule has 0 fully saturated rings. The van der Waals surface area contributed by atoms with E-state index in [-0.39, 0.29) is 18.1 Å². The molecule has 22 heavy (non-hydrogen) atoms. The summed E-state index contributed by atoms with van der Waals surface area (Å²) in [6.45, 7) is 6.25. The van der Waals surface area contributed by atoms with Gasteiger partial charge in [0.25, 0.3) is 5.91 Å². The Morgan fingerprint density at radius 3 is 3.14 bits per heavy atom. The van der Waals surface area contributed by atoms with Gasteiger partial charge in [-0.1, -0.05) is 0 Å². The van der Waals surface area contributed by atoms with Gasteiger partial charge in [0.15, 0.2) is 5.69 Å². The average molecular weight is 300 g/mol. The third kappa shape index (κ3) is 2.06. The molecule has 1 N–H and O–H groups in total. The van der Waals surface area contributed by atoms with Gasteiger partial charge in [0.2, 0.25) is 0 Å². The molecular weight excluding hydrogens is 280 g/mol. The van der Waals surface area contributed by atoms with Gasteiger partial charge in [-0.15, -0.1) is 0 Å². The summed E-state index contributed by atoms with van der Waals surface area (Å²) in [5, 5.41) is 7.30. The summed E-state index contributed by atoms with van der Waals surface area (Å²) in [5.74, 6) is 0.0197. The fourth-order valence-corrected chi connectivity index (χ4v) is 3.49. The molecule has 0 bridgehead atoms. The number of amides is 1. The number of H-pyrrole nitrogens is 1. The second kappa shape index (κ2) is 4.98. The number of aromatic amines is 1. The summed E-state index contributed by atoms with van der Waals surface area (Å²) in [5.41, 5.74) is 3.71. The van der Waals surface area contributed by atoms with Gasteiger partial charge in [-0.2, -0.15) is 5.10 Å². The van der Waals surface area contributed by atoms with Crippen LogP contribution in [0.5, 0.6) is 0 Å². The Morgan fingerprint density at radius 2 is 2.27 bits per heavy atom. The first-order chi connectivity index (χ1) is 10.6. The highest BCUT2D eigenvalue weighted by Gasteiger charge is 2.32. The third-order valence-electron chi connectivity index (χ3n) is 4.61. The van der Waals surface area contributed by atoms with Crippen LogP contribution in [0.3, 0.4) is 0 Å². The lowest BCUT2D eigenvalue weighted by Crippen LogP contribution is -2.38. The number of hydrogen-bond donors (Lipinski definition) is 1. The molecule has 116 valence electrons. The van der Waals surface area contributed by atoms with Gasteiger partial charge in [0.05, 0.1) is 24.4 Å². The minimum atomic E-state index is -0.0358. The van der Waals surface area contributed by atoms with Crippen molar-refractivity contribution < 1.29 is 9.53 Å². The van der Waals surface area contributed by atoms with E-state index in [0.29, 0.717) is 12.2 Å². The lowest BCUT2D eigenvalue weighted by Gasteiger charge is -2.29. The zero-order valence-electron chi connectivity index (χ0n) is 12.9. The molecule has 6 heteroatoms. The Morgan fingerprint density at radius 1 is 1.41 bits per heavy atom. The van der Waals surface area contributed by atoms with Crippen LogP contribution in [0, 0.1) is 0 Å². The van der Waals surface area contributed by atoms with Crippen molar-refractivity contribution in [3.63, 3.8) is 0 Å². The van der Waals surface area contributed by atoms with E-state index in [1.165, 1.54) is 5.69 Å². The van der Waals surface area contributed by atoms with Crippen molar-refractivity contribution in [3.05, 3.63) is 41.0 Å². The molecule has 2 aromatic rings. The highest BCUT2D eigenvalue weighted by molar-refractivity contribution is 5.94. The molecule has 0 radical (unpaired) electrons. The smallest absolute Gasteiger partial charge is 0.275 e. The Bertz CT molecular complexity index is 718. The van der Waals surface area contributed by atoms with Gasteiger partial charge in [0, 0.05) is 37.0 Å². The average Bonchev–Trinajstić information content (AvgIpc) is 3.11. The zero-order chi connectivity index (χ0) is 15.3. The van der Waals surface area contributed by atoms with Gasteiger partial charge < -0.3 is 14.2 Å². The molecule has 2 atom stereocenters. The molecule has 0 aromatic carbocycles. The van der Waals surface area contributed by atoms with E-state index < -0.39 is 0 Å². The molecule has 4 rings (SSSR count). The van der Waals surface area contributed by atoms with E-state index in [0.717, 1.165) is 30.8 Å². The Balaban J connectivity index is 1.62. The summed E-state index contributed by atoms with van der Waals surface area (Å²) in [6.07, 6.45) is 2.88. The number of rotatable bonds is 1. The molecule has 2 aromatic heterocycles. The summed E-state index contributed by atoms with van der Waals surface area (Å²) >= 11 is 0. The number of hydrogen-bond acceptors (Lipinski definition) is 3. The SMILES string of the molecule is C[C@@H]1Cc2c(C(=O)N3CCn4cccc4C3)n[nH]c2[C@H](C)O1. The first-order valence-electron chi connectivity index (χ1n) is 7.79. The van der Waals surface area contributed by atoms with E-state index in [9.17, 15) is 4.79 Å². The van der Waals surface area contributed by atoms with Crippen molar-refractivity contribution in [2.24, 2.45) is 0 Å². The largest absolute Gasteiger partial charge is 0.369 e. The van der Waals surface area contributed by atoms with Crippen molar-refractivity contribution in [1.82, 2.24) is 19.7 Å². The normalized spacial score (nSPS) is 24.0. The van der Waals surface area contributed by atoms with Crippen LogP contribution in [-0.2, 0) is 24.2 Å². The number of nitrogens with one attached hydrogen (secondary N) is 1. The second-order valence-corrected chi connectivity index (χ2v) is 6.18. The lowest BCUT2D eigenvalue weighted by atomic mass is 9.99. The number of carbonyl (C=O) groups excluding carboxylic acids is 1. The maximum Gasteiger partial charge on any atom is 0.275 e. The van der Waals surface area contributed by atoms with E-state index >= 15 is 0 Å². The van der Waals surface area contributed by atoms with Crippen molar-refractivity contribution in [1.29, 1.82) is 0 Å². The Labute approximate surface area is 129 Å². The number of carbonyl (C=O) groups is 1. The first-order valence-corrected chi connectivity index (χ1v) is 7.79. The highest BCUT2D eigenvalue weighted by Crippen LogP contribution is 2.31. The van der Waals surface area contributed by atoms with Crippen molar-refractivity contribution in [2.45, 2.75) is 45.6 Å². The molecule has 0 unspecified atom stereocenters. The summed E-state index contributed by atoms with van der Waals surface area (Å²) in [7, 11) is 0. The standard InChI is InChI=1S/C16H20N4O2/c1-10-8-13-14(11(2)22-10)17-18-15(13)16(21)20-7-6-19-5-3-4-12(19)9-20/h3-5,10-11H,6-9H2,1-2H3,(H,17,18)/t10-,11+/m1/s1. The first kappa shape index (κ1) is 13.6. The van der Waals surface area contributed by atoms with Crippen LogP contribution in [0.2, 0.25) is 0 Å². The fraction of sp³-hybridized carbons (Fsp3) is 0.500. The van der Waals surface area contributed by atoms with Gasteiger partial charge in [-0.3, -0.25) is 9.89 Å². The molecule has 4 heterocycles. The summed E-state index contributed by atoms with van der Waals surface area (Å²) in [6, 6.07) is 4.10. The van der Waals surface area contributed by atoms with E-state index in [4.69, 9.17) is 4.74 Å². The third-order valence-corrected chi connectivity index (χ3v) is 4.61. The van der Waals surface area contributed by atoms with Crippen LogP contribution < -0.4 is 0 Å². The Kier molecular flexibility index (Phi) is 3.07. The van der Waals surface area contributed by atoms with Crippen LogP contribution in [0.1, 0.15) is 47.4 Å². The van der Waals surface area contributed by atoms with Gasteiger partial charge in [0.1, 0.15) is 0 Å². The van der Waals surface area contributed by atoms with Crippen molar-refractivity contribution in [2.75, 3.05) is 6.54 Å². The predicted molar refractivity (Wildman–Crippen MR) is 80.4 cm³/mol. The molecule has 2 aliphatic rings. The van der Waals surface area contributed by atoms with Gasteiger partial charge >= 0.3 is 0 Å². The second-order valence-electron chi connectivity index (χ2n) is 6.18. The quantitative estimate of drug-likeness (QED) is 0.875. The molecule has 0 spiro atoms. The van der Waals surface area contributed by atoms with Crippen LogP contribution in [0.15, 0.2) is 18.3 Å².